The molecule has 1 aliphatic carbocycles. The number of carbonyl (C=O) groups is 2. The summed E-state index contributed by atoms with van der Waals surface area (Å²) in [6, 6.07) is 14.8. The predicted molar refractivity (Wildman–Crippen MR) is 105 cm³/mol. The molecule has 5 heteroatoms. The quantitative estimate of drug-likeness (QED) is 0.591. The standard InChI is InChI=1S/C22H18ClNO3/c1-13-20(22(26)27-19-11-5-10-18(19)25)16-8-2-3-9-17(16)24-21(13)14-6-4-7-15(23)12-14/h2-4,6-9,12,19H,5,10-11H2,1H3/t19-/m0/s1. The van der Waals surface area contributed by atoms with Crippen LogP contribution in [-0.2, 0) is 9.53 Å². The summed E-state index contributed by atoms with van der Waals surface area (Å²) in [4.78, 5) is 29.7. The van der Waals surface area contributed by atoms with Gasteiger partial charge in [-0.25, -0.2) is 9.78 Å². The molecular formula is C22H18ClNO3. The third-order valence-corrected chi connectivity index (χ3v) is 5.17. The van der Waals surface area contributed by atoms with Gasteiger partial charge in [-0.2, -0.15) is 0 Å². The van der Waals surface area contributed by atoms with Gasteiger partial charge in [-0.3, -0.25) is 4.79 Å². The van der Waals surface area contributed by atoms with Crippen LogP contribution in [0, 0.1) is 6.92 Å². The van der Waals surface area contributed by atoms with E-state index in [1.165, 1.54) is 0 Å². The minimum absolute atomic E-state index is 0.00516. The van der Waals surface area contributed by atoms with Crippen molar-refractivity contribution in [2.24, 2.45) is 0 Å². The topological polar surface area (TPSA) is 56.3 Å². The first-order valence-corrected chi connectivity index (χ1v) is 9.31. The van der Waals surface area contributed by atoms with E-state index in [2.05, 4.69) is 0 Å². The number of pyridine rings is 1. The Bertz CT molecular complexity index is 1060. The zero-order valence-corrected chi connectivity index (χ0v) is 15.6. The van der Waals surface area contributed by atoms with Crippen molar-refractivity contribution in [1.29, 1.82) is 0 Å². The maximum absolute atomic E-state index is 13.0. The lowest BCUT2D eigenvalue weighted by molar-refractivity contribution is -0.124. The Hall–Kier alpha value is -2.72. The molecular weight excluding hydrogens is 362 g/mol. The predicted octanol–water partition coefficient (Wildman–Crippen LogP) is 5.14. The molecule has 1 saturated carbocycles. The Morgan fingerprint density at radius 3 is 2.74 bits per heavy atom. The van der Waals surface area contributed by atoms with Gasteiger partial charge in [0.2, 0.25) is 0 Å². The summed E-state index contributed by atoms with van der Waals surface area (Å²) in [5.74, 6) is -0.482. The van der Waals surface area contributed by atoms with Gasteiger partial charge >= 0.3 is 5.97 Å². The third-order valence-electron chi connectivity index (χ3n) is 4.94. The second-order valence-corrected chi connectivity index (χ2v) is 7.18. The Morgan fingerprint density at radius 1 is 1.19 bits per heavy atom. The van der Waals surface area contributed by atoms with E-state index >= 15 is 0 Å². The van der Waals surface area contributed by atoms with Crippen LogP contribution < -0.4 is 0 Å². The number of ether oxygens (including phenoxy) is 1. The van der Waals surface area contributed by atoms with E-state index in [9.17, 15) is 9.59 Å². The lowest BCUT2D eigenvalue weighted by Gasteiger charge is -2.16. The normalized spacial score (nSPS) is 16.7. The molecule has 0 amide bonds. The number of benzene rings is 2. The fourth-order valence-electron chi connectivity index (χ4n) is 3.58. The largest absolute Gasteiger partial charge is 0.451 e. The lowest BCUT2D eigenvalue weighted by atomic mass is 9.97. The molecule has 1 atom stereocenters. The summed E-state index contributed by atoms with van der Waals surface area (Å²) in [5, 5.41) is 1.32. The fourth-order valence-corrected chi connectivity index (χ4v) is 3.77. The van der Waals surface area contributed by atoms with Crippen LogP contribution in [-0.4, -0.2) is 22.8 Å². The molecule has 0 aliphatic heterocycles. The Morgan fingerprint density at radius 2 is 2.00 bits per heavy atom. The molecule has 4 rings (SSSR count). The van der Waals surface area contributed by atoms with Gasteiger partial charge < -0.3 is 4.74 Å². The summed E-state index contributed by atoms with van der Waals surface area (Å²) >= 11 is 6.14. The second-order valence-electron chi connectivity index (χ2n) is 6.74. The zero-order valence-electron chi connectivity index (χ0n) is 14.9. The van der Waals surface area contributed by atoms with Crippen LogP contribution in [0.15, 0.2) is 48.5 Å². The fraction of sp³-hybridized carbons (Fsp3) is 0.227. The van der Waals surface area contributed by atoms with E-state index in [1.54, 1.807) is 6.07 Å². The number of hydrogen-bond donors (Lipinski definition) is 0. The number of Topliss-reactive ketones (excluding diaryl/α,β-unsaturated/α-hetero) is 1. The van der Waals surface area contributed by atoms with E-state index in [0.29, 0.717) is 40.2 Å². The third kappa shape index (κ3) is 3.33. The van der Waals surface area contributed by atoms with Crippen LogP contribution in [0.25, 0.3) is 22.2 Å². The van der Waals surface area contributed by atoms with E-state index < -0.39 is 12.1 Å². The number of carbonyl (C=O) groups excluding carboxylic acids is 2. The Labute approximate surface area is 162 Å². The van der Waals surface area contributed by atoms with Gasteiger partial charge in [0.15, 0.2) is 11.9 Å². The number of esters is 1. The van der Waals surface area contributed by atoms with Crippen molar-refractivity contribution in [1.82, 2.24) is 4.98 Å². The Balaban J connectivity index is 1.86. The number of para-hydroxylation sites is 1. The van der Waals surface area contributed by atoms with Crippen LogP contribution in [0.5, 0.6) is 0 Å². The molecule has 0 N–H and O–H groups in total. The summed E-state index contributed by atoms with van der Waals surface area (Å²) in [7, 11) is 0. The molecule has 1 heterocycles. The van der Waals surface area contributed by atoms with Crippen molar-refractivity contribution in [3.63, 3.8) is 0 Å². The number of aromatic nitrogens is 1. The summed E-state index contributed by atoms with van der Waals surface area (Å²) in [6.45, 7) is 1.85. The van der Waals surface area contributed by atoms with Gasteiger partial charge in [0.05, 0.1) is 16.8 Å². The molecule has 0 spiro atoms. The molecule has 27 heavy (non-hydrogen) atoms. The van der Waals surface area contributed by atoms with Crippen molar-refractivity contribution >= 4 is 34.3 Å². The highest BCUT2D eigenvalue weighted by Crippen LogP contribution is 2.32. The minimum atomic E-state index is -0.640. The van der Waals surface area contributed by atoms with Gasteiger partial charge in [0, 0.05) is 22.4 Å². The molecule has 136 valence electrons. The second kappa shape index (κ2) is 7.12. The molecule has 3 aromatic rings. The average molecular weight is 380 g/mol. The number of hydrogen-bond acceptors (Lipinski definition) is 4. The van der Waals surface area contributed by atoms with Crippen molar-refractivity contribution in [3.8, 4) is 11.3 Å². The molecule has 1 fully saturated rings. The van der Waals surface area contributed by atoms with Crippen molar-refractivity contribution < 1.29 is 14.3 Å². The van der Waals surface area contributed by atoms with Crippen LogP contribution >= 0.6 is 11.6 Å². The Kier molecular flexibility index (Phi) is 4.66. The van der Waals surface area contributed by atoms with Crippen LogP contribution in [0.2, 0.25) is 5.02 Å². The highest BCUT2D eigenvalue weighted by Gasteiger charge is 2.30. The molecule has 1 aromatic heterocycles. The first-order chi connectivity index (χ1) is 13.0. The number of nitrogens with zero attached hydrogens (tertiary/aromatic N) is 1. The maximum atomic E-state index is 13.0. The van der Waals surface area contributed by atoms with Crippen LogP contribution in [0.1, 0.15) is 35.2 Å². The summed E-state index contributed by atoms with van der Waals surface area (Å²) < 4.78 is 5.57. The SMILES string of the molecule is Cc1c(-c2cccc(Cl)c2)nc2ccccc2c1C(=O)O[C@H]1CCCC1=O. The van der Waals surface area contributed by atoms with Crippen LogP contribution in [0.4, 0.5) is 0 Å². The van der Waals surface area contributed by atoms with Gasteiger partial charge in [0.1, 0.15) is 0 Å². The molecule has 0 unspecified atom stereocenters. The molecule has 0 saturated heterocycles. The van der Waals surface area contributed by atoms with E-state index in [0.717, 1.165) is 17.4 Å². The van der Waals surface area contributed by atoms with Gasteiger partial charge in [-0.05, 0) is 43.5 Å². The number of halogens is 1. The molecule has 4 nitrogen and oxygen atoms in total. The minimum Gasteiger partial charge on any atom is -0.451 e. The molecule has 2 aromatic carbocycles. The van der Waals surface area contributed by atoms with Crippen molar-refractivity contribution in [2.45, 2.75) is 32.3 Å². The average Bonchev–Trinajstić information content (AvgIpc) is 3.05. The van der Waals surface area contributed by atoms with E-state index in [4.69, 9.17) is 21.3 Å². The van der Waals surface area contributed by atoms with Gasteiger partial charge in [-0.1, -0.05) is 41.9 Å². The number of rotatable bonds is 3. The van der Waals surface area contributed by atoms with Gasteiger partial charge in [-0.15, -0.1) is 0 Å². The molecule has 0 radical (unpaired) electrons. The highest BCUT2D eigenvalue weighted by molar-refractivity contribution is 6.30. The van der Waals surface area contributed by atoms with Crippen LogP contribution in [0.3, 0.4) is 0 Å². The smallest absolute Gasteiger partial charge is 0.339 e. The lowest BCUT2D eigenvalue weighted by Crippen LogP contribution is -2.23. The maximum Gasteiger partial charge on any atom is 0.339 e. The molecule has 1 aliphatic rings. The summed E-state index contributed by atoms with van der Waals surface area (Å²) in [5.41, 5.74) is 3.38. The first-order valence-electron chi connectivity index (χ1n) is 8.93. The number of fused-ring (bicyclic) bond motifs is 1. The van der Waals surface area contributed by atoms with Gasteiger partial charge in [0.25, 0.3) is 0 Å². The van der Waals surface area contributed by atoms with Crippen molar-refractivity contribution in [3.05, 3.63) is 64.7 Å². The highest BCUT2D eigenvalue weighted by atomic mass is 35.5. The van der Waals surface area contributed by atoms with E-state index in [1.807, 2.05) is 49.4 Å². The first kappa shape index (κ1) is 17.7. The molecule has 0 bridgehead atoms. The summed E-state index contributed by atoms with van der Waals surface area (Å²) in [6.07, 6.45) is 1.19. The van der Waals surface area contributed by atoms with E-state index in [-0.39, 0.29) is 5.78 Å². The van der Waals surface area contributed by atoms with Crippen molar-refractivity contribution in [2.75, 3.05) is 0 Å². The number of ketones is 1. The monoisotopic (exact) mass is 379 g/mol. The zero-order chi connectivity index (χ0) is 19.0.